The highest BCUT2D eigenvalue weighted by Gasteiger charge is 2.25. The van der Waals surface area contributed by atoms with Gasteiger partial charge in [0, 0.05) is 30.6 Å². The minimum atomic E-state index is -0.414. The number of aromatic amines is 2. The second-order valence-electron chi connectivity index (χ2n) is 6.09. The molecule has 1 fully saturated rings. The summed E-state index contributed by atoms with van der Waals surface area (Å²) >= 11 is 0. The molecule has 3 heterocycles. The number of H-pyrrole nitrogens is 2. The number of hydrogen-bond donors (Lipinski definition) is 2. The van der Waals surface area contributed by atoms with Gasteiger partial charge < -0.3 is 9.72 Å². The molecule has 2 aromatic heterocycles. The van der Waals surface area contributed by atoms with Crippen LogP contribution in [0.1, 0.15) is 46.3 Å². The van der Waals surface area contributed by atoms with Crippen LogP contribution in [0.15, 0.2) is 17.1 Å². The fraction of sp³-hybridized carbons (Fsp3) is 0.500. The third-order valence-corrected chi connectivity index (χ3v) is 4.30. The molecule has 24 heavy (non-hydrogen) atoms. The molecule has 128 valence electrons. The van der Waals surface area contributed by atoms with Crippen molar-refractivity contribution in [2.24, 2.45) is 0 Å². The van der Waals surface area contributed by atoms with Crippen molar-refractivity contribution in [2.45, 2.75) is 32.2 Å². The van der Waals surface area contributed by atoms with Crippen LogP contribution >= 0.6 is 0 Å². The van der Waals surface area contributed by atoms with Crippen LogP contribution < -0.4 is 5.56 Å². The lowest BCUT2D eigenvalue weighted by Gasteiger charge is -2.32. The molecule has 2 N–H and O–H groups in total. The number of carbonyl (C=O) groups is 1. The smallest absolute Gasteiger partial charge is 0.356 e. The molecule has 0 spiro atoms. The first-order chi connectivity index (χ1) is 11.6. The number of hydrogen-bond acceptors (Lipinski definition) is 6. The van der Waals surface area contributed by atoms with E-state index in [0.29, 0.717) is 18.1 Å². The first kappa shape index (κ1) is 16.4. The zero-order chi connectivity index (χ0) is 17.1. The van der Waals surface area contributed by atoms with E-state index < -0.39 is 5.97 Å². The monoisotopic (exact) mass is 331 g/mol. The number of carbonyl (C=O) groups excluding carboxylic acids is 1. The van der Waals surface area contributed by atoms with Gasteiger partial charge in [0.1, 0.15) is 11.5 Å². The maximum atomic E-state index is 11.7. The average Bonchev–Trinajstić information content (AvgIpc) is 3.01. The van der Waals surface area contributed by atoms with Crippen molar-refractivity contribution in [2.75, 3.05) is 20.2 Å². The molecular weight excluding hydrogens is 310 g/mol. The molecule has 0 amide bonds. The van der Waals surface area contributed by atoms with Gasteiger partial charge in [-0.2, -0.15) is 5.10 Å². The Kier molecular flexibility index (Phi) is 4.75. The minimum absolute atomic E-state index is 0.113. The number of piperidine rings is 1. The molecule has 8 heteroatoms. The molecular formula is C16H21N5O3. The fourth-order valence-electron chi connectivity index (χ4n) is 3.20. The maximum absolute atomic E-state index is 11.7. The Morgan fingerprint density at radius 2 is 2.33 bits per heavy atom. The third kappa shape index (κ3) is 3.53. The number of aromatic nitrogens is 4. The predicted molar refractivity (Wildman–Crippen MR) is 86.8 cm³/mol. The van der Waals surface area contributed by atoms with Gasteiger partial charge in [-0.15, -0.1) is 0 Å². The Labute approximate surface area is 139 Å². The Morgan fingerprint density at radius 1 is 1.50 bits per heavy atom. The number of likely N-dealkylation sites (tertiary alicyclic amines) is 1. The van der Waals surface area contributed by atoms with E-state index in [9.17, 15) is 9.59 Å². The van der Waals surface area contributed by atoms with E-state index in [2.05, 4.69) is 25.1 Å². The lowest BCUT2D eigenvalue weighted by Crippen LogP contribution is -2.35. The third-order valence-electron chi connectivity index (χ3n) is 4.30. The van der Waals surface area contributed by atoms with Crippen molar-refractivity contribution in [1.29, 1.82) is 0 Å². The maximum Gasteiger partial charge on any atom is 0.356 e. The zero-order valence-corrected chi connectivity index (χ0v) is 13.8. The van der Waals surface area contributed by atoms with Gasteiger partial charge in [0.15, 0.2) is 0 Å². The Bertz CT molecular complexity index is 782. The number of rotatable bonds is 4. The SMILES string of the molecule is COC(=O)c1[nH]ncc1CN1CCCC(c2cc(=O)[nH]c(C)n2)C1. The van der Waals surface area contributed by atoms with Gasteiger partial charge in [-0.25, -0.2) is 9.78 Å². The van der Waals surface area contributed by atoms with Crippen molar-refractivity contribution in [3.8, 4) is 0 Å². The quantitative estimate of drug-likeness (QED) is 0.809. The molecule has 0 bridgehead atoms. The van der Waals surface area contributed by atoms with Crippen LogP contribution in [0.5, 0.6) is 0 Å². The van der Waals surface area contributed by atoms with Gasteiger partial charge in [0.2, 0.25) is 0 Å². The molecule has 0 aromatic carbocycles. The van der Waals surface area contributed by atoms with Crippen molar-refractivity contribution in [3.63, 3.8) is 0 Å². The van der Waals surface area contributed by atoms with Gasteiger partial charge in [0.25, 0.3) is 5.56 Å². The molecule has 8 nitrogen and oxygen atoms in total. The molecule has 0 saturated carbocycles. The van der Waals surface area contributed by atoms with E-state index in [1.807, 2.05) is 0 Å². The van der Waals surface area contributed by atoms with E-state index in [-0.39, 0.29) is 11.5 Å². The highest BCUT2D eigenvalue weighted by molar-refractivity contribution is 5.88. The summed E-state index contributed by atoms with van der Waals surface area (Å²) in [6.07, 6.45) is 3.68. The highest BCUT2D eigenvalue weighted by atomic mass is 16.5. The van der Waals surface area contributed by atoms with Crippen LogP contribution in [0.4, 0.5) is 0 Å². The first-order valence-corrected chi connectivity index (χ1v) is 7.97. The van der Waals surface area contributed by atoms with Gasteiger partial charge in [-0.3, -0.25) is 14.8 Å². The molecule has 1 aliphatic heterocycles. The summed E-state index contributed by atoms with van der Waals surface area (Å²) in [5.74, 6) is 0.439. The summed E-state index contributed by atoms with van der Waals surface area (Å²) in [6, 6.07) is 1.58. The Balaban J connectivity index is 1.73. The van der Waals surface area contributed by atoms with Gasteiger partial charge in [0.05, 0.1) is 19.0 Å². The van der Waals surface area contributed by atoms with Crippen LogP contribution in [-0.2, 0) is 11.3 Å². The number of esters is 1. The van der Waals surface area contributed by atoms with Gasteiger partial charge in [-0.1, -0.05) is 0 Å². The summed E-state index contributed by atoms with van der Waals surface area (Å²) in [4.78, 5) is 32.8. The predicted octanol–water partition coefficient (Wildman–Crippen LogP) is 0.968. The second kappa shape index (κ2) is 6.96. The summed E-state index contributed by atoms with van der Waals surface area (Å²) < 4.78 is 4.76. The summed E-state index contributed by atoms with van der Waals surface area (Å²) in [5.41, 5.74) is 1.93. The first-order valence-electron chi connectivity index (χ1n) is 7.97. The van der Waals surface area contributed by atoms with Crippen LogP contribution in [0.3, 0.4) is 0 Å². The lowest BCUT2D eigenvalue weighted by atomic mass is 9.94. The van der Waals surface area contributed by atoms with Crippen LogP contribution in [0.2, 0.25) is 0 Å². The Hall–Kier alpha value is -2.48. The standard InChI is InChI=1S/C16H21N5O3/c1-10-18-13(6-14(22)19-10)11-4-3-5-21(8-11)9-12-7-17-20-15(12)16(23)24-2/h6-7,11H,3-5,8-9H2,1-2H3,(H,17,20)(H,18,19,22). The molecule has 0 aliphatic carbocycles. The topological polar surface area (TPSA) is 104 Å². The van der Waals surface area contributed by atoms with Crippen molar-refractivity contribution in [3.05, 3.63) is 45.4 Å². The summed E-state index contributed by atoms with van der Waals surface area (Å²) in [7, 11) is 1.35. The molecule has 1 saturated heterocycles. The minimum Gasteiger partial charge on any atom is -0.464 e. The highest BCUT2D eigenvalue weighted by Crippen LogP contribution is 2.26. The molecule has 3 rings (SSSR count). The fourth-order valence-corrected chi connectivity index (χ4v) is 3.20. The van der Waals surface area contributed by atoms with Crippen molar-refractivity contribution >= 4 is 5.97 Å². The molecule has 0 radical (unpaired) electrons. The number of ether oxygens (including phenoxy) is 1. The lowest BCUT2D eigenvalue weighted by molar-refractivity contribution is 0.0591. The van der Waals surface area contributed by atoms with Crippen LogP contribution in [-0.4, -0.2) is 51.2 Å². The molecule has 1 aliphatic rings. The van der Waals surface area contributed by atoms with Crippen LogP contribution in [0.25, 0.3) is 0 Å². The van der Waals surface area contributed by atoms with E-state index in [1.54, 1.807) is 19.2 Å². The molecule has 1 unspecified atom stereocenters. The van der Waals surface area contributed by atoms with E-state index >= 15 is 0 Å². The molecule has 1 atom stereocenters. The largest absolute Gasteiger partial charge is 0.464 e. The Morgan fingerprint density at radius 3 is 3.08 bits per heavy atom. The number of aryl methyl sites for hydroxylation is 1. The number of methoxy groups -OCH3 is 1. The molecule has 2 aromatic rings. The van der Waals surface area contributed by atoms with Gasteiger partial charge in [-0.05, 0) is 26.3 Å². The summed E-state index contributed by atoms with van der Waals surface area (Å²) in [6.45, 7) is 4.13. The van der Waals surface area contributed by atoms with Crippen molar-refractivity contribution in [1.82, 2.24) is 25.1 Å². The van der Waals surface area contributed by atoms with E-state index in [0.717, 1.165) is 37.2 Å². The zero-order valence-electron chi connectivity index (χ0n) is 13.8. The van der Waals surface area contributed by atoms with E-state index in [1.165, 1.54) is 7.11 Å². The second-order valence-corrected chi connectivity index (χ2v) is 6.09. The summed E-state index contributed by atoms with van der Waals surface area (Å²) in [5, 5.41) is 6.64. The number of nitrogens with one attached hydrogen (secondary N) is 2. The van der Waals surface area contributed by atoms with Crippen LogP contribution in [0, 0.1) is 6.92 Å². The number of nitrogens with zero attached hydrogens (tertiary/aromatic N) is 3. The van der Waals surface area contributed by atoms with Crippen molar-refractivity contribution < 1.29 is 9.53 Å². The van der Waals surface area contributed by atoms with Gasteiger partial charge >= 0.3 is 5.97 Å². The normalized spacial score (nSPS) is 18.5. The van der Waals surface area contributed by atoms with E-state index in [4.69, 9.17) is 4.74 Å². The average molecular weight is 331 g/mol.